The zero-order valence-electron chi connectivity index (χ0n) is 11.4. The van der Waals surface area contributed by atoms with Gasteiger partial charge in [0.1, 0.15) is 0 Å². The van der Waals surface area contributed by atoms with Crippen molar-refractivity contribution in [1.29, 1.82) is 0 Å². The van der Waals surface area contributed by atoms with Gasteiger partial charge in [0.15, 0.2) is 0 Å². The Hall–Kier alpha value is -0.860. The number of aliphatic hydroxyl groups is 1. The molecule has 1 aromatic rings. The molecule has 0 aromatic heterocycles. The maximum atomic E-state index is 9.51. The van der Waals surface area contributed by atoms with E-state index in [1.165, 1.54) is 24.0 Å². The fourth-order valence-corrected chi connectivity index (χ4v) is 2.97. The van der Waals surface area contributed by atoms with Crippen LogP contribution in [0, 0.1) is 6.92 Å². The zero-order chi connectivity index (χ0) is 12.8. The highest BCUT2D eigenvalue weighted by Crippen LogP contribution is 2.28. The number of rotatable bonds is 6. The summed E-state index contributed by atoms with van der Waals surface area (Å²) in [6, 6.07) is 8.60. The van der Waals surface area contributed by atoms with E-state index in [4.69, 9.17) is 0 Å². The molecule has 0 unspecified atom stereocenters. The number of benzene rings is 1. The van der Waals surface area contributed by atoms with Crippen molar-refractivity contribution in [2.45, 2.75) is 51.0 Å². The van der Waals surface area contributed by atoms with Crippen molar-refractivity contribution in [1.82, 2.24) is 5.32 Å². The lowest BCUT2D eigenvalue weighted by atomic mass is 9.98. The Morgan fingerprint density at radius 3 is 2.61 bits per heavy atom. The van der Waals surface area contributed by atoms with Crippen molar-refractivity contribution in [2.75, 3.05) is 13.2 Å². The van der Waals surface area contributed by atoms with Gasteiger partial charge in [0, 0.05) is 5.54 Å². The maximum Gasteiger partial charge on any atom is 0.0613 e. The van der Waals surface area contributed by atoms with Gasteiger partial charge in [0.05, 0.1) is 6.61 Å². The maximum absolute atomic E-state index is 9.51. The minimum Gasteiger partial charge on any atom is -0.394 e. The lowest BCUT2D eigenvalue weighted by molar-refractivity contribution is 0.164. The Bertz CT molecular complexity index is 369. The van der Waals surface area contributed by atoms with Gasteiger partial charge in [-0.2, -0.15) is 0 Å². The molecule has 2 N–H and O–H groups in total. The monoisotopic (exact) mass is 247 g/mol. The Balaban J connectivity index is 1.74. The van der Waals surface area contributed by atoms with Gasteiger partial charge in [-0.25, -0.2) is 0 Å². The zero-order valence-corrected chi connectivity index (χ0v) is 11.4. The van der Waals surface area contributed by atoms with Crippen molar-refractivity contribution >= 4 is 0 Å². The van der Waals surface area contributed by atoms with E-state index < -0.39 is 0 Å². The van der Waals surface area contributed by atoms with Crippen molar-refractivity contribution in [2.24, 2.45) is 0 Å². The minimum atomic E-state index is 0.0335. The molecule has 1 aromatic carbocycles. The van der Waals surface area contributed by atoms with Crippen LogP contribution in [-0.2, 0) is 6.42 Å². The van der Waals surface area contributed by atoms with E-state index in [0.29, 0.717) is 0 Å². The molecular weight excluding hydrogens is 222 g/mol. The van der Waals surface area contributed by atoms with Crippen molar-refractivity contribution in [3.05, 3.63) is 35.4 Å². The second-order valence-corrected chi connectivity index (χ2v) is 5.60. The molecule has 0 radical (unpaired) electrons. The van der Waals surface area contributed by atoms with Crippen LogP contribution in [0.4, 0.5) is 0 Å². The third kappa shape index (κ3) is 3.33. The standard InChI is InChI=1S/C16H25NO/c1-14-7-2-3-8-15(14)9-6-12-17-16(13-18)10-4-5-11-16/h2-3,7-8,17-18H,4-6,9-13H2,1H3. The van der Waals surface area contributed by atoms with Crippen LogP contribution < -0.4 is 5.32 Å². The largest absolute Gasteiger partial charge is 0.394 e. The van der Waals surface area contributed by atoms with Gasteiger partial charge >= 0.3 is 0 Å². The lowest BCUT2D eigenvalue weighted by Crippen LogP contribution is -2.46. The molecule has 1 saturated carbocycles. The van der Waals surface area contributed by atoms with E-state index in [1.807, 2.05) is 0 Å². The Kier molecular flexibility index (Phi) is 4.79. The van der Waals surface area contributed by atoms with E-state index in [-0.39, 0.29) is 12.1 Å². The number of nitrogens with one attached hydrogen (secondary N) is 1. The van der Waals surface area contributed by atoms with E-state index >= 15 is 0 Å². The SMILES string of the molecule is Cc1ccccc1CCCNC1(CO)CCCC1. The van der Waals surface area contributed by atoms with Crippen LogP contribution in [-0.4, -0.2) is 23.8 Å². The molecule has 100 valence electrons. The summed E-state index contributed by atoms with van der Waals surface area (Å²) in [4.78, 5) is 0. The number of aryl methyl sites for hydroxylation is 2. The predicted molar refractivity (Wildman–Crippen MR) is 75.8 cm³/mol. The topological polar surface area (TPSA) is 32.3 Å². The van der Waals surface area contributed by atoms with Crippen LogP contribution in [0.3, 0.4) is 0 Å². The fourth-order valence-electron chi connectivity index (χ4n) is 2.97. The van der Waals surface area contributed by atoms with Crippen LogP contribution in [0.2, 0.25) is 0 Å². The third-order valence-electron chi connectivity index (χ3n) is 4.25. The first kappa shape index (κ1) is 13.6. The molecule has 0 amide bonds. The summed E-state index contributed by atoms with van der Waals surface area (Å²) >= 11 is 0. The first-order chi connectivity index (χ1) is 8.76. The summed E-state index contributed by atoms with van der Waals surface area (Å²) in [5, 5.41) is 13.1. The lowest BCUT2D eigenvalue weighted by Gasteiger charge is -2.28. The molecule has 0 heterocycles. The summed E-state index contributed by atoms with van der Waals surface area (Å²) in [6.07, 6.45) is 7.05. The highest BCUT2D eigenvalue weighted by atomic mass is 16.3. The molecule has 0 spiro atoms. The van der Waals surface area contributed by atoms with Crippen LogP contribution in [0.5, 0.6) is 0 Å². The Morgan fingerprint density at radius 1 is 1.22 bits per heavy atom. The molecule has 2 rings (SSSR count). The second kappa shape index (κ2) is 6.35. The van der Waals surface area contributed by atoms with E-state index in [9.17, 15) is 5.11 Å². The van der Waals surface area contributed by atoms with Gasteiger partial charge in [-0.3, -0.25) is 0 Å². The molecule has 1 aliphatic rings. The van der Waals surface area contributed by atoms with Crippen LogP contribution in [0.25, 0.3) is 0 Å². The summed E-state index contributed by atoms with van der Waals surface area (Å²) in [6.45, 7) is 3.47. The molecule has 1 aliphatic carbocycles. The van der Waals surface area contributed by atoms with Crippen LogP contribution in [0.1, 0.15) is 43.2 Å². The van der Waals surface area contributed by atoms with Gasteiger partial charge in [0.2, 0.25) is 0 Å². The van der Waals surface area contributed by atoms with Gasteiger partial charge in [-0.05, 0) is 50.3 Å². The highest BCUT2D eigenvalue weighted by molar-refractivity contribution is 5.25. The quantitative estimate of drug-likeness (QED) is 0.758. The summed E-state index contributed by atoms with van der Waals surface area (Å²) in [7, 11) is 0. The number of hydrogen-bond acceptors (Lipinski definition) is 2. The normalized spacial score (nSPS) is 18.1. The van der Waals surface area contributed by atoms with Crippen molar-refractivity contribution < 1.29 is 5.11 Å². The molecule has 1 fully saturated rings. The number of hydrogen-bond donors (Lipinski definition) is 2. The molecule has 0 atom stereocenters. The molecular formula is C16H25NO. The third-order valence-corrected chi connectivity index (χ3v) is 4.25. The summed E-state index contributed by atoms with van der Waals surface area (Å²) < 4.78 is 0. The molecule has 2 nitrogen and oxygen atoms in total. The molecule has 0 bridgehead atoms. The van der Waals surface area contributed by atoms with E-state index in [2.05, 4.69) is 36.5 Å². The van der Waals surface area contributed by atoms with Gasteiger partial charge in [-0.15, -0.1) is 0 Å². The first-order valence-electron chi connectivity index (χ1n) is 7.16. The minimum absolute atomic E-state index is 0.0335. The number of aliphatic hydroxyl groups excluding tert-OH is 1. The van der Waals surface area contributed by atoms with E-state index in [1.54, 1.807) is 0 Å². The van der Waals surface area contributed by atoms with Crippen molar-refractivity contribution in [3.8, 4) is 0 Å². The average molecular weight is 247 g/mol. The van der Waals surface area contributed by atoms with Gasteiger partial charge < -0.3 is 10.4 Å². The fraction of sp³-hybridized carbons (Fsp3) is 0.625. The summed E-state index contributed by atoms with van der Waals surface area (Å²) in [5.41, 5.74) is 2.87. The van der Waals surface area contributed by atoms with Crippen LogP contribution >= 0.6 is 0 Å². The summed E-state index contributed by atoms with van der Waals surface area (Å²) in [5.74, 6) is 0. The van der Waals surface area contributed by atoms with Gasteiger partial charge in [-0.1, -0.05) is 37.1 Å². The highest BCUT2D eigenvalue weighted by Gasteiger charge is 2.31. The van der Waals surface area contributed by atoms with Crippen LogP contribution in [0.15, 0.2) is 24.3 Å². The van der Waals surface area contributed by atoms with Gasteiger partial charge in [0.25, 0.3) is 0 Å². The van der Waals surface area contributed by atoms with E-state index in [0.717, 1.165) is 32.2 Å². The predicted octanol–water partition coefficient (Wildman–Crippen LogP) is 2.82. The average Bonchev–Trinajstić information content (AvgIpc) is 2.86. The second-order valence-electron chi connectivity index (χ2n) is 5.60. The Morgan fingerprint density at radius 2 is 1.94 bits per heavy atom. The van der Waals surface area contributed by atoms with Crippen molar-refractivity contribution in [3.63, 3.8) is 0 Å². The molecule has 0 saturated heterocycles. The Labute approximate surface area is 110 Å². The molecule has 2 heteroatoms. The molecule has 18 heavy (non-hydrogen) atoms. The first-order valence-corrected chi connectivity index (χ1v) is 7.16. The smallest absolute Gasteiger partial charge is 0.0613 e. The molecule has 0 aliphatic heterocycles.